The van der Waals surface area contributed by atoms with Crippen LogP contribution in [0.15, 0.2) is 12.1 Å². The molecule has 0 aliphatic carbocycles. The van der Waals surface area contributed by atoms with Crippen LogP contribution in [0.4, 0.5) is 0 Å². The van der Waals surface area contributed by atoms with Gasteiger partial charge in [-0.2, -0.15) is 0 Å². The Morgan fingerprint density at radius 2 is 0.727 bits per heavy atom. The van der Waals surface area contributed by atoms with Gasteiger partial charge >= 0.3 is 181 Å². The van der Waals surface area contributed by atoms with E-state index in [-0.39, 0.29) is 40.2 Å². The fourth-order valence-corrected chi connectivity index (χ4v) is 21.5. The minimum atomic E-state index is -3.56. The molecule has 0 heterocycles. The molecule has 0 aromatic heterocycles. The van der Waals surface area contributed by atoms with Crippen molar-refractivity contribution >= 4 is 129 Å². The Balaban J connectivity index is 2.77. The summed E-state index contributed by atoms with van der Waals surface area (Å²) in [5, 5.41) is 1.94. The molecule has 0 saturated heterocycles. The quantitative estimate of drug-likeness (QED) is 0.234. The Labute approximate surface area is 179 Å². The van der Waals surface area contributed by atoms with Crippen molar-refractivity contribution < 1.29 is 0 Å². The average molecular weight is 670 g/mol. The molecule has 10 heteroatoms. The van der Waals surface area contributed by atoms with Gasteiger partial charge in [-0.15, -0.1) is 0 Å². The number of hydrogen-bond acceptors (Lipinski definition) is 0. The SMILES string of the molecule is Clc1cc(Cl)c(Cl)[c]([Tl]([Cl])[c]2c(Cl)c(Cl)cc(Cl)c2Cl)c1Cl. The molecule has 0 N–H and O–H groups in total. The van der Waals surface area contributed by atoms with Gasteiger partial charge in [0.05, 0.1) is 0 Å². The average Bonchev–Trinajstić information content (AvgIpc) is 2.44. The van der Waals surface area contributed by atoms with E-state index >= 15 is 0 Å². The molecule has 2 aromatic carbocycles. The molecule has 2 rings (SSSR count). The van der Waals surface area contributed by atoms with E-state index in [9.17, 15) is 0 Å². The molecule has 0 spiro atoms. The predicted octanol–water partition coefficient (Wildman–Crippen LogP) is 7.26. The first-order valence-electron chi connectivity index (χ1n) is 5.46. The van der Waals surface area contributed by atoms with Crippen molar-refractivity contribution in [2.75, 3.05) is 0 Å². The molecule has 0 aliphatic heterocycles. The fraction of sp³-hybridized carbons (Fsp3) is 0. The van der Waals surface area contributed by atoms with E-state index < -0.39 is 21.5 Å². The number of halogens is 9. The minimum absolute atomic E-state index is 0.237. The van der Waals surface area contributed by atoms with Crippen molar-refractivity contribution in [2.24, 2.45) is 0 Å². The van der Waals surface area contributed by atoms with Crippen LogP contribution in [-0.4, -0.2) is 21.5 Å². The van der Waals surface area contributed by atoms with Crippen LogP contribution in [0.1, 0.15) is 0 Å². The van der Waals surface area contributed by atoms with E-state index in [0.29, 0.717) is 6.25 Å². The molecule has 0 radical (unpaired) electrons. The second-order valence-corrected chi connectivity index (χ2v) is 18.4. The van der Waals surface area contributed by atoms with Gasteiger partial charge in [-0.05, 0) is 0 Å². The third-order valence-corrected chi connectivity index (χ3v) is 21.1. The first kappa shape index (κ1) is 20.3. The summed E-state index contributed by atoms with van der Waals surface area (Å²) in [5.41, 5.74) is 0. The van der Waals surface area contributed by atoms with E-state index in [2.05, 4.69) is 0 Å². The van der Waals surface area contributed by atoms with Gasteiger partial charge in [0.25, 0.3) is 0 Å². The molecule has 0 aliphatic rings. The van der Waals surface area contributed by atoms with Crippen LogP contribution in [0.5, 0.6) is 0 Å². The summed E-state index contributed by atoms with van der Waals surface area (Å²) in [6.45, 7) is 0. The molecule has 0 saturated carbocycles. The number of benzene rings is 2. The molecule has 0 unspecified atom stereocenters. The van der Waals surface area contributed by atoms with Crippen LogP contribution in [-0.2, 0) is 0 Å². The van der Waals surface area contributed by atoms with Crippen LogP contribution in [0.3, 0.4) is 0 Å². The number of hydrogen-bond donors (Lipinski definition) is 0. The van der Waals surface area contributed by atoms with E-state index in [1.54, 1.807) is 0 Å². The van der Waals surface area contributed by atoms with Crippen LogP contribution < -0.4 is 6.25 Å². The molecule has 0 nitrogen and oxygen atoms in total. The van der Waals surface area contributed by atoms with Gasteiger partial charge in [0.1, 0.15) is 0 Å². The third-order valence-electron chi connectivity index (χ3n) is 2.80. The van der Waals surface area contributed by atoms with E-state index in [1.807, 2.05) is 0 Å². The van der Waals surface area contributed by atoms with Gasteiger partial charge in [0.15, 0.2) is 0 Å². The van der Waals surface area contributed by atoms with Crippen molar-refractivity contribution in [3.05, 3.63) is 52.3 Å². The topological polar surface area (TPSA) is 0 Å². The summed E-state index contributed by atoms with van der Waals surface area (Å²) < 4.78 is 0.981. The van der Waals surface area contributed by atoms with Gasteiger partial charge in [0.2, 0.25) is 0 Å². The van der Waals surface area contributed by atoms with Gasteiger partial charge in [0, 0.05) is 0 Å². The predicted molar refractivity (Wildman–Crippen MR) is 104 cm³/mol. The normalized spacial score (nSPS) is 11.0. The summed E-state index contributed by atoms with van der Waals surface area (Å²) in [4.78, 5) is 0. The molecule has 0 bridgehead atoms. The second kappa shape index (κ2) is 8.11. The zero-order valence-electron chi connectivity index (χ0n) is 10.1. The van der Waals surface area contributed by atoms with Crippen molar-refractivity contribution in [3.63, 3.8) is 0 Å². The molecule has 116 valence electrons. The van der Waals surface area contributed by atoms with Crippen LogP contribution in [0.2, 0.25) is 40.2 Å². The van der Waals surface area contributed by atoms with Crippen LogP contribution >= 0.6 is 101 Å². The second-order valence-electron chi connectivity index (χ2n) is 4.13. The van der Waals surface area contributed by atoms with E-state index in [4.69, 9.17) is 101 Å². The first-order chi connectivity index (χ1) is 10.2. The van der Waals surface area contributed by atoms with E-state index in [0.717, 1.165) is 0 Å². The summed E-state index contributed by atoms with van der Waals surface area (Å²) in [6.07, 6.45) is 0. The fourth-order valence-electron chi connectivity index (χ4n) is 1.77. The van der Waals surface area contributed by atoms with Crippen LogP contribution in [0, 0.1) is 0 Å². The maximum atomic E-state index is 6.69. The monoisotopic (exact) mass is 666 g/mol. The molecule has 0 fully saturated rings. The van der Waals surface area contributed by atoms with Gasteiger partial charge in [-0.3, -0.25) is 0 Å². The van der Waals surface area contributed by atoms with Crippen LogP contribution in [0.25, 0.3) is 0 Å². The summed E-state index contributed by atoms with van der Waals surface area (Å²) in [7, 11) is 6.69. The maximum absolute atomic E-state index is 6.69. The Morgan fingerprint density at radius 3 is 0.955 bits per heavy atom. The van der Waals surface area contributed by atoms with Gasteiger partial charge < -0.3 is 0 Å². The molecule has 0 atom stereocenters. The summed E-state index contributed by atoms with van der Waals surface area (Å²) >= 11 is 45.6. The Bertz CT molecular complexity index is 643. The van der Waals surface area contributed by atoms with Crippen molar-refractivity contribution in [1.82, 2.24) is 0 Å². The molecule has 0 amide bonds. The molecular formula is C12H2Cl9Tl. The Morgan fingerprint density at radius 1 is 0.500 bits per heavy atom. The van der Waals surface area contributed by atoms with Gasteiger partial charge in [-0.1, -0.05) is 0 Å². The van der Waals surface area contributed by atoms with Crippen molar-refractivity contribution in [2.45, 2.75) is 0 Å². The summed E-state index contributed by atoms with van der Waals surface area (Å²) in [5.74, 6) is 0. The standard InChI is InChI=1S/2C6HCl4.ClH.Tl/c2*7-3-1-4(8)6(10)2-5(3)9;;/h2*1H;1H;/q;;;+1/p-1. The Hall–Kier alpha value is 1.97. The van der Waals surface area contributed by atoms with Gasteiger partial charge in [-0.25, -0.2) is 0 Å². The molecule has 2 aromatic rings. The third kappa shape index (κ3) is 3.87. The van der Waals surface area contributed by atoms with Crippen molar-refractivity contribution in [3.8, 4) is 0 Å². The molecule has 22 heavy (non-hydrogen) atoms. The number of rotatable bonds is 2. The zero-order chi connectivity index (χ0) is 16.8. The summed E-state index contributed by atoms with van der Waals surface area (Å²) in [6, 6.07) is 2.89. The Kier molecular flexibility index (Phi) is 7.48. The zero-order valence-corrected chi connectivity index (χ0v) is 21.4. The molecular weight excluding hydrogens is 668 g/mol. The first-order valence-corrected chi connectivity index (χ1v) is 18.5. The van der Waals surface area contributed by atoms with E-state index in [1.165, 1.54) is 12.1 Å². The van der Waals surface area contributed by atoms with Crippen molar-refractivity contribution in [1.29, 1.82) is 0 Å².